The van der Waals surface area contributed by atoms with Crippen molar-refractivity contribution in [2.24, 2.45) is 5.92 Å². The third kappa shape index (κ3) is 4.67. The largest absolute Gasteiger partial charge is 0.373 e. The number of ether oxygens (including phenoxy) is 1. The predicted octanol–water partition coefficient (Wildman–Crippen LogP) is 1.87. The van der Waals surface area contributed by atoms with Crippen LogP contribution in [0.3, 0.4) is 0 Å². The molecule has 0 spiro atoms. The normalized spacial score (nSPS) is 31.6. The summed E-state index contributed by atoms with van der Waals surface area (Å²) in [5, 5.41) is 7.83. The number of morpholine rings is 1. The van der Waals surface area contributed by atoms with Gasteiger partial charge in [-0.2, -0.15) is 5.10 Å². The molecule has 3 fully saturated rings. The van der Waals surface area contributed by atoms with E-state index in [9.17, 15) is 4.79 Å². The molecular formula is C17H28Cl2N4O2. The number of halogens is 2. The zero-order valence-electron chi connectivity index (χ0n) is 14.4. The maximum absolute atomic E-state index is 12.9. The Kier molecular flexibility index (Phi) is 7.55. The van der Waals surface area contributed by atoms with Gasteiger partial charge in [0.25, 0.3) is 0 Å². The van der Waals surface area contributed by atoms with Crippen LogP contribution in [0.25, 0.3) is 0 Å². The Bertz CT molecular complexity index is 529. The number of amides is 1. The molecule has 1 aliphatic carbocycles. The maximum Gasteiger partial charge on any atom is 0.239 e. The molecule has 0 bridgehead atoms. The minimum absolute atomic E-state index is 0. The molecule has 3 heterocycles. The van der Waals surface area contributed by atoms with Crippen molar-refractivity contribution in [2.45, 2.75) is 56.8 Å². The first kappa shape index (κ1) is 20.5. The van der Waals surface area contributed by atoms with Gasteiger partial charge in [-0.1, -0.05) is 12.8 Å². The minimum Gasteiger partial charge on any atom is -0.373 e. The lowest BCUT2D eigenvalue weighted by atomic mass is 9.85. The standard InChI is InChI=1S/C17H26N4O2.2ClH/c22-17(16-10-13-4-1-2-5-15(13)19-16)20-8-9-23-14(11-20)12-21-7-3-6-18-21;;/h3,6-7,13-16,19H,1-2,4-5,8-12H2;2*1H. The van der Waals surface area contributed by atoms with Crippen molar-refractivity contribution in [3.63, 3.8) is 0 Å². The summed E-state index contributed by atoms with van der Waals surface area (Å²) in [5.41, 5.74) is 0. The summed E-state index contributed by atoms with van der Waals surface area (Å²) in [6.45, 7) is 2.71. The van der Waals surface area contributed by atoms with Gasteiger partial charge in [-0.15, -0.1) is 24.8 Å². The van der Waals surface area contributed by atoms with Crippen LogP contribution in [0.2, 0.25) is 0 Å². The Morgan fingerprint density at radius 1 is 1.28 bits per heavy atom. The molecule has 2 saturated heterocycles. The lowest BCUT2D eigenvalue weighted by molar-refractivity contribution is -0.141. The summed E-state index contributed by atoms with van der Waals surface area (Å²) in [6, 6.07) is 2.50. The second-order valence-corrected chi connectivity index (χ2v) is 7.11. The summed E-state index contributed by atoms with van der Waals surface area (Å²) >= 11 is 0. The van der Waals surface area contributed by atoms with Crippen LogP contribution < -0.4 is 5.32 Å². The summed E-state index contributed by atoms with van der Waals surface area (Å²) in [6.07, 6.45) is 9.92. The van der Waals surface area contributed by atoms with Gasteiger partial charge in [-0.3, -0.25) is 9.48 Å². The fourth-order valence-corrected chi connectivity index (χ4v) is 4.38. The second kappa shape index (κ2) is 9.21. The van der Waals surface area contributed by atoms with Crippen LogP contribution in [-0.2, 0) is 16.1 Å². The number of carbonyl (C=O) groups is 1. The van der Waals surface area contributed by atoms with Crippen LogP contribution in [0.4, 0.5) is 0 Å². The minimum atomic E-state index is 0. The smallest absolute Gasteiger partial charge is 0.239 e. The van der Waals surface area contributed by atoms with E-state index in [2.05, 4.69) is 10.4 Å². The molecule has 4 unspecified atom stereocenters. The van der Waals surface area contributed by atoms with Crippen molar-refractivity contribution in [1.29, 1.82) is 0 Å². The monoisotopic (exact) mass is 390 g/mol. The Morgan fingerprint density at radius 3 is 2.88 bits per heavy atom. The van der Waals surface area contributed by atoms with Crippen molar-refractivity contribution in [3.05, 3.63) is 18.5 Å². The van der Waals surface area contributed by atoms with Crippen LogP contribution in [0.5, 0.6) is 0 Å². The van der Waals surface area contributed by atoms with Crippen LogP contribution in [0.15, 0.2) is 18.5 Å². The number of carbonyl (C=O) groups excluding carboxylic acids is 1. The molecule has 1 aromatic heterocycles. The quantitative estimate of drug-likeness (QED) is 0.855. The van der Waals surface area contributed by atoms with E-state index in [0.29, 0.717) is 38.2 Å². The van der Waals surface area contributed by atoms with E-state index in [1.54, 1.807) is 6.20 Å². The highest BCUT2D eigenvalue weighted by Crippen LogP contribution is 2.33. The summed E-state index contributed by atoms with van der Waals surface area (Å²) in [4.78, 5) is 14.9. The molecule has 4 rings (SSSR count). The molecule has 0 aromatic carbocycles. The number of hydrogen-bond donors (Lipinski definition) is 1. The zero-order chi connectivity index (χ0) is 15.6. The van der Waals surface area contributed by atoms with Gasteiger partial charge in [-0.05, 0) is 31.2 Å². The van der Waals surface area contributed by atoms with Gasteiger partial charge in [0.2, 0.25) is 5.91 Å². The predicted molar refractivity (Wildman–Crippen MR) is 100 cm³/mol. The topological polar surface area (TPSA) is 59.4 Å². The van der Waals surface area contributed by atoms with E-state index >= 15 is 0 Å². The highest BCUT2D eigenvalue weighted by molar-refractivity contribution is 5.85. The number of aromatic nitrogens is 2. The van der Waals surface area contributed by atoms with Crippen molar-refractivity contribution in [2.75, 3.05) is 19.7 Å². The lowest BCUT2D eigenvalue weighted by Gasteiger charge is -2.34. The first-order valence-electron chi connectivity index (χ1n) is 8.93. The average Bonchev–Trinajstić information content (AvgIpc) is 3.23. The van der Waals surface area contributed by atoms with Gasteiger partial charge in [0.1, 0.15) is 0 Å². The molecule has 1 aromatic rings. The average molecular weight is 391 g/mol. The van der Waals surface area contributed by atoms with E-state index in [1.807, 2.05) is 21.8 Å². The zero-order valence-corrected chi connectivity index (χ0v) is 16.0. The van der Waals surface area contributed by atoms with E-state index in [4.69, 9.17) is 4.74 Å². The second-order valence-electron chi connectivity index (χ2n) is 7.11. The fraction of sp³-hybridized carbons (Fsp3) is 0.765. The molecule has 1 amide bonds. The summed E-state index contributed by atoms with van der Waals surface area (Å²) in [5.74, 6) is 0.978. The van der Waals surface area contributed by atoms with Crippen molar-refractivity contribution >= 4 is 30.7 Å². The highest BCUT2D eigenvalue weighted by Gasteiger charge is 2.40. The van der Waals surface area contributed by atoms with E-state index in [0.717, 1.165) is 6.42 Å². The molecule has 1 saturated carbocycles. The Balaban J connectivity index is 0.00000113. The summed E-state index contributed by atoms with van der Waals surface area (Å²) in [7, 11) is 0. The van der Waals surface area contributed by atoms with E-state index in [-0.39, 0.29) is 42.9 Å². The molecule has 3 aliphatic rings. The van der Waals surface area contributed by atoms with Crippen LogP contribution in [0.1, 0.15) is 32.1 Å². The van der Waals surface area contributed by atoms with Gasteiger partial charge in [0.05, 0.1) is 25.3 Å². The van der Waals surface area contributed by atoms with Gasteiger partial charge in [0, 0.05) is 31.5 Å². The highest BCUT2D eigenvalue weighted by atomic mass is 35.5. The van der Waals surface area contributed by atoms with Gasteiger partial charge in [0.15, 0.2) is 0 Å². The first-order chi connectivity index (χ1) is 11.3. The molecule has 0 radical (unpaired) electrons. The van der Waals surface area contributed by atoms with Gasteiger partial charge in [-0.25, -0.2) is 0 Å². The molecule has 142 valence electrons. The maximum atomic E-state index is 12.9. The molecule has 8 heteroatoms. The SMILES string of the molecule is Cl.Cl.O=C(C1CC2CCCCC2N1)N1CCOC(Cn2cccn2)C1. The van der Waals surface area contributed by atoms with Crippen LogP contribution >= 0.6 is 24.8 Å². The number of hydrogen-bond acceptors (Lipinski definition) is 4. The Morgan fingerprint density at radius 2 is 2.12 bits per heavy atom. The first-order valence-corrected chi connectivity index (χ1v) is 8.93. The van der Waals surface area contributed by atoms with Crippen LogP contribution in [0, 0.1) is 5.92 Å². The Labute approximate surface area is 161 Å². The van der Waals surface area contributed by atoms with E-state index in [1.165, 1.54) is 25.7 Å². The molecular weight excluding hydrogens is 363 g/mol. The molecule has 6 nitrogen and oxygen atoms in total. The number of nitrogens with zero attached hydrogens (tertiary/aromatic N) is 3. The molecule has 4 atom stereocenters. The molecule has 2 aliphatic heterocycles. The summed E-state index contributed by atoms with van der Waals surface area (Å²) < 4.78 is 7.69. The molecule has 1 N–H and O–H groups in total. The number of nitrogens with one attached hydrogen (secondary N) is 1. The van der Waals surface area contributed by atoms with E-state index < -0.39 is 0 Å². The fourth-order valence-electron chi connectivity index (χ4n) is 4.38. The third-order valence-electron chi connectivity index (χ3n) is 5.56. The van der Waals surface area contributed by atoms with Crippen molar-refractivity contribution in [1.82, 2.24) is 20.0 Å². The van der Waals surface area contributed by atoms with Gasteiger partial charge >= 0.3 is 0 Å². The van der Waals surface area contributed by atoms with Crippen molar-refractivity contribution < 1.29 is 9.53 Å². The van der Waals surface area contributed by atoms with Crippen molar-refractivity contribution in [3.8, 4) is 0 Å². The number of rotatable bonds is 3. The van der Waals surface area contributed by atoms with Crippen LogP contribution in [-0.4, -0.2) is 58.5 Å². The lowest BCUT2D eigenvalue weighted by Crippen LogP contribution is -2.52. The third-order valence-corrected chi connectivity index (χ3v) is 5.56. The van der Waals surface area contributed by atoms with Gasteiger partial charge < -0.3 is 15.0 Å². The number of fused-ring (bicyclic) bond motifs is 1. The molecule has 25 heavy (non-hydrogen) atoms. The Hall–Kier alpha value is -0.820.